The lowest BCUT2D eigenvalue weighted by Gasteiger charge is -2.11. The topological polar surface area (TPSA) is 89.0 Å². The van der Waals surface area contributed by atoms with Crippen LogP contribution < -0.4 is 4.72 Å². The minimum atomic E-state index is -3.79. The van der Waals surface area contributed by atoms with Crippen LogP contribution in [0.25, 0.3) is 0 Å². The van der Waals surface area contributed by atoms with Crippen molar-refractivity contribution in [3.8, 4) is 0 Å². The number of anilines is 1. The van der Waals surface area contributed by atoms with Crippen LogP contribution in [-0.2, 0) is 16.4 Å². The number of hydrogen-bond acceptors (Lipinski definition) is 5. The van der Waals surface area contributed by atoms with Gasteiger partial charge in [0.15, 0.2) is 11.6 Å². The van der Waals surface area contributed by atoms with E-state index < -0.39 is 45.1 Å². The van der Waals surface area contributed by atoms with E-state index in [2.05, 4.69) is 9.97 Å². The van der Waals surface area contributed by atoms with Gasteiger partial charge >= 0.3 is 0 Å². The number of ketones is 1. The van der Waals surface area contributed by atoms with Crippen molar-refractivity contribution in [2.24, 2.45) is 0 Å². The fourth-order valence-electron chi connectivity index (χ4n) is 2.10. The molecule has 0 aliphatic carbocycles. The molecule has 1 heterocycles. The van der Waals surface area contributed by atoms with E-state index >= 15 is 0 Å². The van der Waals surface area contributed by atoms with Crippen molar-refractivity contribution < 1.29 is 22.0 Å². The van der Waals surface area contributed by atoms with Gasteiger partial charge in [-0.25, -0.2) is 27.2 Å². The average molecular weight is 390 g/mol. The fourth-order valence-corrected chi connectivity index (χ4v) is 3.39. The van der Waals surface area contributed by atoms with Gasteiger partial charge in [0, 0.05) is 6.20 Å². The van der Waals surface area contributed by atoms with Crippen molar-refractivity contribution in [3.63, 3.8) is 0 Å². The van der Waals surface area contributed by atoms with Crippen LogP contribution in [0.5, 0.6) is 0 Å². The molecular weight excluding hydrogens is 376 g/mol. The summed E-state index contributed by atoms with van der Waals surface area (Å²) in [4.78, 5) is 19.7. The molecule has 6 nitrogen and oxygen atoms in total. The SMILES string of the molecule is CCCS(=O)(=O)Nc1ccc(F)c(C(=O)Cc2ccnc(Cl)n2)c1F. The highest BCUT2D eigenvalue weighted by Gasteiger charge is 2.23. The molecule has 1 aromatic carbocycles. The fraction of sp³-hybridized carbons (Fsp3) is 0.267. The summed E-state index contributed by atoms with van der Waals surface area (Å²) >= 11 is 5.61. The second kappa shape index (κ2) is 7.83. The number of nitrogens with one attached hydrogen (secondary N) is 1. The van der Waals surface area contributed by atoms with Crippen LogP contribution in [0.1, 0.15) is 29.4 Å². The van der Waals surface area contributed by atoms with Crippen LogP contribution in [0, 0.1) is 11.6 Å². The van der Waals surface area contributed by atoms with Gasteiger partial charge in [0.05, 0.1) is 29.1 Å². The minimum Gasteiger partial charge on any atom is -0.294 e. The van der Waals surface area contributed by atoms with Gasteiger partial charge in [-0.15, -0.1) is 0 Å². The highest BCUT2D eigenvalue weighted by molar-refractivity contribution is 7.92. The molecule has 25 heavy (non-hydrogen) atoms. The molecule has 0 saturated carbocycles. The standard InChI is InChI=1S/C15H14ClF2N3O3S/c1-2-7-25(23,24)21-11-4-3-10(17)13(14(11)18)12(22)8-9-5-6-19-15(16)20-9/h3-6,21H,2,7-8H2,1H3. The molecule has 1 N–H and O–H groups in total. The minimum absolute atomic E-state index is 0.104. The van der Waals surface area contributed by atoms with Gasteiger partial charge < -0.3 is 0 Å². The second-order valence-corrected chi connectivity index (χ2v) is 7.30. The average Bonchev–Trinajstić information content (AvgIpc) is 2.50. The molecule has 0 saturated heterocycles. The van der Waals surface area contributed by atoms with Crippen molar-refractivity contribution in [2.75, 3.05) is 10.5 Å². The summed E-state index contributed by atoms with van der Waals surface area (Å²) in [5.74, 6) is -3.50. The number of carbonyl (C=O) groups is 1. The first kappa shape index (κ1) is 19.2. The number of nitrogens with zero attached hydrogens (tertiary/aromatic N) is 2. The van der Waals surface area contributed by atoms with Crippen molar-refractivity contribution in [1.29, 1.82) is 0 Å². The molecule has 10 heteroatoms. The van der Waals surface area contributed by atoms with Crippen LogP contribution in [0.15, 0.2) is 24.4 Å². The summed E-state index contributed by atoms with van der Waals surface area (Å²) in [6.45, 7) is 1.64. The van der Waals surface area contributed by atoms with Crippen LogP contribution in [-0.4, -0.2) is 29.9 Å². The first-order chi connectivity index (χ1) is 11.7. The maximum absolute atomic E-state index is 14.5. The molecule has 2 aromatic rings. The van der Waals surface area contributed by atoms with Gasteiger partial charge in [0.25, 0.3) is 0 Å². The summed E-state index contributed by atoms with van der Waals surface area (Å²) in [6.07, 6.45) is 1.21. The van der Waals surface area contributed by atoms with Crippen molar-refractivity contribution in [2.45, 2.75) is 19.8 Å². The summed E-state index contributed by atoms with van der Waals surface area (Å²) < 4.78 is 54.0. The van der Waals surface area contributed by atoms with Crippen molar-refractivity contribution in [3.05, 3.63) is 52.6 Å². The van der Waals surface area contributed by atoms with Gasteiger partial charge in [0.2, 0.25) is 15.3 Å². The Bertz CT molecular complexity index is 907. The van der Waals surface area contributed by atoms with Crippen molar-refractivity contribution in [1.82, 2.24) is 9.97 Å². The van der Waals surface area contributed by atoms with E-state index in [-0.39, 0.29) is 16.7 Å². The van der Waals surface area contributed by atoms with Gasteiger partial charge in [0.1, 0.15) is 5.82 Å². The predicted octanol–water partition coefficient (Wildman–Crippen LogP) is 2.99. The molecule has 0 aliphatic rings. The lowest BCUT2D eigenvalue weighted by Crippen LogP contribution is -2.19. The normalized spacial score (nSPS) is 11.4. The van der Waals surface area contributed by atoms with E-state index in [9.17, 15) is 22.0 Å². The Morgan fingerprint density at radius 2 is 2.00 bits per heavy atom. The van der Waals surface area contributed by atoms with Gasteiger partial charge in [-0.2, -0.15) is 0 Å². The smallest absolute Gasteiger partial charge is 0.232 e. The van der Waals surface area contributed by atoms with Gasteiger partial charge in [-0.05, 0) is 36.2 Å². The van der Waals surface area contributed by atoms with E-state index in [0.29, 0.717) is 6.42 Å². The highest BCUT2D eigenvalue weighted by atomic mass is 35.5. The van der Waals surface area contributed by atoms with Crippen LogP contribution in [0.3, 0.4) is 0 Å². The van der Waals surface area contributed by atoms with Gasteiger partial charge in [-0.3, -0.25) is 9.52 Å². The molecule has 134 valence electrons. The molecule has 0 aliphatic heterocycles. The van der Waals surface area contributed by atoms with Crippen LogP contribution >= 0.6 is 11.6 Å². The monoisotopic (exact) mass is 389 g/mol. The zero-order valence-electron chi connectivity index (χ0n) is 13.1. The zero-order chi connectivity index (χ0) is 18.6. The van der Waals surface area contributed by atoms with Crippen LogP contribution in [0.4, 0.5) is 14.5 Å². The number of sulfonamides is 1. The third-order valence-corrected chi connectivity index (χ3v) is 4.79. The predicted molar refractivity (Wildman–Crippen MR) is 89.1 cm³/mol. The summed E-state index contributed by atoms with van der Waals surface area (Å²) in [6, 6.07) is 3.14. The molecule has 1 aromatic heterocycles. The molecular formula is C15H14ClF2N3O3S. The van der Waals surface area contributed by atoms with E-state index in [0.717, 1.165) is 12.1 Å². The maximum Gasteiger partial charge on any atom is 0.232 e. The Balaban J connectivity index is 2.34. The first-order valence-corrected chi connectivity index (χ1v) is 9.25. The number of benzene rings is 1. The number of hydrogen-bond donors (Lipinski definition) is 1. The molecule has 0 spiro atoms. The number of aromatic nitrogens is 2. The van der Waals surface area contributed by atoms with Gasteiger partial charge in [-0.1, -0.05) is 6.92 Å². The maximum atomic E-state index is 14.5. The van der Waals surface area contributed by atoms with E-state index in [1.165, 1.54) is 12.3 Å². The molecule has 0 fully saturated rings. The summed E-state index contributed by atoms with van der Waals surface area (Å²) in [5, 5.41) is -0.104. The third kappa shape index (κ3) is 4.93. The van der Waals surface area contributed by atoms with Crippen LogP contribution in [0.2, 0.25) is 5.28 Å². The van der Waals surface area contributed by atoms with E-state index in [4.69, 9.17) is 11.6 Å². The van der Waals surface area contributed by atoms with E-state index in [1.54, 1.807) is 6.92 Å². The Morgan fingerprint density at radius 3 is 2.64 bits per heavy atom. The molecule has 2 rings (SSSR count). The zero-order valence-corrected chi connectivity index (χ0v) is 14.7. The number of Topliss-reactive ketones (excluding diaryl/α,β-unsaturated/α-hetero) is 1. The lowest BCUT2D eigenvalue weighted by molar-refractivity contribution is 0.0984. The van der Waals surface area contributed by atoms with E-state index in [1.807, 2.05) is 4.72 Å². The Morgan fingerprint density at radius 1 is 1.28 bits per heavy atom. The molecule has 0 radical (unpaired) electrons. The number of rotatable bonds is 7. The molecule has 0 atom stereocenters. The Labute approximate surface area is 148 Å². The lowest BCUT2D eigenvalue weighted by atomic mass is 10.0. The van der Waals surface area contributed by atoms with Crippen molar-refractivity contribution >= 4 is 33.1 Å². The molecule has 0 amide bonds. The number of halogens is 3. The molecule has 0 unspecified atom stereocenters. The Hall–Kier alpha value is -2.13. The Kier molecular flexibility index (Phi) is 6.02. The highest BCUT2D eigenvalue weighted by Crippen LogP contribution is 2.24. The summed E-state index contributed by atoms with van der Waals surface area (Å²) in [5.41, 5.74) is -1.15. The quantitative estimate of drug-likeness (QED) is 0.581. The number of carbonyl (C=O) groups excluding carboxylic acids is 1. The first-order valence-electron chi connectivity index (χ1n) is 7.22. The largest absolute Gasteiger partial charge is 0.294 e. The third-order valence-electron chi connectivity index (χ3n) is 3.13. The summed E-state index contributed by atoms with van der Waals surface area (Å²) in [7, 11) is -3.79. The second-order valence-electron chi connectivity index (χ2n) is 5.12. The molecule has 0 bridgehead atoms.